The molecule has 0 spiro atoms. The van der Waals surface area contributed by atoms with Crippen molar-refractivity contribution >= 4 is 11.0 Å². The van der Waals surface area contributed by atoms with E-state index < -0.39 is 0 Å². The van der Waals surface area contributed by atoms with Crippen LogP contribution in [0, 0.1) is 0 Å². The van der Waals surface area contributed by atoms with Crippen molar-refractivity contribution in [1.82, 2.24) is 14.5 Å². The third-order valence-corrected chi connectivity index (χ3v) is 3.00. The van der Waals surface area contributed by atoms with Gasteiger partial charge in [-0.3, -0.25) is 4.57 Å². The van der Waals surface area contributed by atoms with Crippen molar-refractivity contribution in [2.24, 2.45) is 5.73 Å². The second-order valence-corrected chi connectivity index (χ2v) is 4.34. The Balaban J connectivity index is 2.09. The zero-order valence-corrected chi connectivity index (χ0v) is 10.1. The van der Waals surface area contributed by atoms with Crippen LogP contribution in [0.2, 0.25) is 0 Å². The molecule has 3 rings (SSSR count). The Kier molecular flexibility index (Phi) is 2.57. The van der Waals surface area contributed by atoms with E-state index in [2.05, 4.69) is 9.97 Å². The number of imidazole rings is 1. The molecule has 2 N–H and O–H groups in total. The van der Waals surface area contributed by atoms with Crippen molar-refractivity contribution in [3.05, 3.63) is 54.5 Å². The normalized spacial score (nSPS) is 12.8. The van der Waals surface area contributed by atoms with Crippen LogP contribution in [0.15, 0.2) is 48.9 Å². The van der Waals surface area contributed by atoms with Crippen LogP contribution in [0.1, 0.15) is 18.5 Å². The average Bonchev–Trinajstić information content (AvgIpc) is 2.82. The van der Waals surface area contributed by atoms with Crippen LogP contribution in [-0.4, -0.2) is 14.5 Å². The van der Waals surface area contributed by atoms with E-state index in [4.69, 9.17) is 5.73 Å². The molecule has 2 aromatic heterocycles. The largest absolute Gasteiger partial charge is 0.324 e. The molecule has 0 radical (unpaired) electrons. The molecule has 1 unspecified atom stereocenters. The third kappa shape index (κ3) is 1.76. The second kappa shape index (κ2) is 4.23. The molecule has 0 saturated heterocycles. The topological polar surface area (TPSA) is 56.7 Å². The molecule has 2 heterocycles. The molecule has 0 saturated carbocycles. The van der Waals surface area contributed by atoms with Crippen molar-refractivity contribution < 1.29 is 0 Å². The number of nitrogens with two attached hydrogens (primary N) is 1. The fourth-order valence-corrected chi connectivity index (χ4v) is 1.95. The van der Waals surface area contributed by atoms with Crippen molar-refractivity contribution in [3.8, 4) is 5.82 Å². The van der Waals surface area contributed by atoms with Gasteiger partial charge in [-0.15, -0.1) is 0 Å². The quantitative estimate of drug-likeness (QED) is 0.746. The first-order valence-electron chi connectivity index (χ1n) is 5.90. The number of hydrogen-bond acceptors (Lipinski definition) is 3. The lowest BCUT2D eigenvalue weighted by molar-refractivity contribution is 0.808. The maximum absolute atomic E-state index is 5.81. The summed E-state index contributed by atoms with van der Waals surface area (Å²) in [6.07, 6.45) is 3.60. The number of pyridine rings is 1. The highest BCUT2D eigenvalue weighted by atomic mass is 15.1. The number of para-hydroxylation sites is 2. The van der Waals surface area contributed by atoms with Gasteiger partial charge < -0.3 is 5.73 Å². The number of rotatable bonds is 2. The zero-order chi connectivity index (χ0) is 12.5. The minimum atomic E-state index is 0.00563. The number of benzene rings is 1. The van der Waals surface area contributed by atoms with E-state index in [0.717, 1.165) is 22.4 Å². The third-order valence-electron chi connectivity index (χ3n) is 3.00. The van der Waals surface area contributed by atoms with E-state index in [-0.39, 0.29) is 6.04 Å². The monoisotopic (exact) mass is 238 g/mol. The number of fused-ring (bicyclic) bond motifs is 1. The van der Waals surface area contributed by atoms with Crippen LogP contribution in [0.3, 0.4) is 0 Å². The summed E-state index contributed by atoms with van der Waals surface area (Å²) in [4.78, 5) is 8.79. The molecule has 0 bridgehead atoms. The van der Waals surface area contributed by atoms with Crippen molar-refractivity contribution in [2.75, 3.05) is 0 Å². The Hall–Kier alpha value is -2.20. The summed E-state index contributed by atoms with van der Waals surface area (Å²) < 4.78 is 1.97. The van der Waals surface area contributed by atoms with E-state index in [1.165, 1.54) is 0 Å². The summed E-state index contributed by atoms with van der Waals surface area (Å²) in [6.45, 7) is 1.95. The molecule has 18 heavy (non-hydrogen) atoms. The van der Waals surface area contributed by atoms with Gasteiger partial charge in [-0.1, -0.05) is 18.2 Å². The predicted octanol–water partition coefficient (Wildman–Crippen LogP) is 2.44. The van der Waals surface area contributed by atoms with Gasteiger partial charge in [0.1, 0.15) is 12.1 Å². The number of hydrogen-bond donors (Lipinski definition) is 1. The average molecular weight is 238 g/mol. The summed E-state index contributed by atoms with van der Waals surface area (Å²) in [5.74, 6) is 0.855. The fraction of sp³-hybridized carbons (Fsp3) is 0.143. The van der Waals surface area contributed by atoms with Gasteiger partial charge in [0.15, 0.2) is 0 Å². The number of aromatic nitrogens is 3. The minimum Gasteiger partial charge on any atom is -0.324 e. The van der Waals surface area contributed by atoms with Gasteiger partial charge in [0.2, 0.25) is 0 Å². The molecule has 4 nitrogen and oxygen atoms in total. The summed E-state index contributed by atoms with van der Waals surface area (Å²) in [7, 11) is 0. The maximum Gasteiger partial charge on any atom is 0.138 e. The van der Waals surface area contributed by atoms with Gasteiger partial charge in [-0.2, -0.15) is 0 Å². The van der Waals surface area contributed by atoms with Gasteiger partial charge >= 0.3 is 0 Å². The molecule has 0 aliphatic carbocycles. The van der Waals surface area contributed by atoms with E-state index in [9.17, 15) is 0 Å². The molecule has 0 fully saturated rings. The van der Waals surface area contributed by atoms with Gasteiger partial charge in [0, 0.05) is 12.2 Å². The van der Waals surface area contributed by atoms with Gasteiger partial charge in [0.05, 0.1) is 11.0 Å². The van der Waals surface area contributed by atoms with Crippen molar-refractivity contribution in [2.45, 2.75) is 13.0 Å². The molecule has 0 aliphatic rings. The van der Waals surface area contributed by atoms with E-state index in [1.54, 1.807) is 6.33 Å². The summed E-state index contributed by atoms with van der Waals surface area (Å²) in [5.41, 5.74) is 8.87. The van der Waals surface area contributed by atoms with Crippen LogP contribution >= 0.6 is 0 Å². The first-order valence-corrected chi connectivity index (χ1v) is 5.90. The van der Waals surface area contributed by atoms with Gasteiger partial charge in [-0.25, -0.2) is 9.97 Å². The molecule has 0 aliphatic heterocycles. The lowest BCUT2D eigenvalue weighted by Crippen LogP contribution is -2.06. The Labute approximate surface area is 105 Å². The molecule has 90 valence electrons. The highest BCUT2D eigenvalue weighted by Gasteiger charge is 2.05. The summed E-state index contributed by atoms with van der Waals surface area (Å²) >= 11 is 0. The highest BCUT2D eigenvalue weighted by molar-refractivity contribution is 5.76. The first-order chi connectivity index (χ1) is 8.75. The maximum atomic E-state index is 5.81. The summed E-state index contributed by atoms with van der Waals surface area (Å²) in [6, 6.07) is 12.0. The molecule has 0 amide bonds. The predicted molar refractivity (Wildman–Crippen MR) is 71.5 cm³/mol. The SMILES string of the molecule is CC(N)c1ccc(-n2cnc3ccccc32)nc1. The lowest BCUT2D eigenvalue weighted by Gasteiger charge is -2.07. The smallest absolute Gasteiger partial charge is 0.138 e. The molecule has 4 heteroatoms. The fourth-order valence-electron chi connectivity index (χ4n) is 1.95. The van der Waals surface area contributed by atoms with Gasteiger partial charge in [0.25, 0.3) is 0 Å². The standard InChI is InChI=1S/C14H14N4/c1-10(15)11-6-7-14(16-8-11)18-9-17-12-4-2-3-5-13(12)18/h2-10H,15H2,1H3. The molecular weight excluding hydrogens is 224 g/mol. The van der Waals surface area contributed by atoms with Crippen LogP contribution in [0.25, 0.3) is 16.9 Å². The van der Waals surface area contributed by atoms with Crippen LogP contribution in [-0.2, 0) is 0 Å². The zero-order valence-electron chi connectivity index (χ0n) is 10.1. The van der Waals surface area contributed by atoms with Crippen molar-refractivity contribution in [1.29, 1.82) is 0 Å². The minimum absolute atomic E-state index is 0.00563. The Bertz CT molecular complexity index is 668. The number of nitrogens with zero attached hydrogens (tertiary/aromatic N) is 3. The summed E-state index contributed by atoms with van der Waals surface area (Å²) in [5, 5.41) is 0. The second-order valence-electron chi connectivity index (χ2n) is 4.34. The van der Waals surface area contributed by atoms with Crippen molar-refractivity contribution in [3.63, 3.8) is 0 Å². The molecular formula is C14H14N4. The lowest BCUT2D eigenvalue weighted by atomic mass is 10.1. The highest BCUT2D eigenvalue weighted by Crippen LogP contribution is 2.17. The Morgan fingerprint density at radius 1 is 1.11 bits per heavy atom. The molecule has 1 atom stereocenters. The first kappa shape index (κ1) is 10.9. The van der Waals surface area contributed by atoms with E-state index >= 15 is 0 Å². The van der Waals surface area contributed by atoms with Crippen LogP contribution < -0.4 is 5.73 Å². The molecule has 3 aromatic rings. The van der Waals surface area contributed by atoms with E-state index in [0.29, 0.717) is 0 Å². The van der Waals surface area contributed by atoms with Crippen LogP contribution in [0.5, 0.6) is 0 Å². The van der Waals surface area contributed by atoms with Gasteiger partial charge in [-0.05, 0) is 30.7 Å². The van der Waals surface area contributed by atoms with Crippen LogP contribution in [0.4, 0.5) is 0 Å². The Morgan fingerprint density at radius 2 is 1.94 bits per heavy atom. The Morgan fingerprint density at radius 3 is 2.67 bits per heavy atom. The molecule has 1 aromatic carbocycles. The van der Waals surface area contributed by atoms with E-state index in [1.807, 2.05) is 54.1 Å².